The van der Waals surface area contributed by atoms with Crippen LogP contribution in [-0.2, 0) is 11.3 Å². The van der Waals surface area contributed by atoms with E-state index in [-0.39, 0.29) is 30.3 Å². The lowest BCUT2D eigenvalue weighted by molar-refractivity contribution is -0.122. The number of carbonyl (C=O) groups excluding carboxylic acids is 2. The monoisotopic (exact) mass is 444 g/mol. The molecule has 7 heteroatoms. The summed E-state index contributed by atoms with van der Waals surface area (Å²) in [6.07, 6.45) is 1.54. The summed E-state index contributed by atoms with van der Waals surface area (Å²) < 4.78 is 1.51. The molecule has 1 aromatic heterocycles. The zero-order valence-corrected chi connectivity index (χ0v) is 19.2. The normalized spacial score (nSPS) is 16.2. The first-order valence-corrected chi connectivity index (χ1v) is 11.1. The molecule has 1 fully saturated rings. The van der Waals surface area contributed by atoms with Crippen LogP contribution in [-0.4, -0.2) is 21.4 Å². The van der Waals surface area contributed by atoms with Gasteiger partial charge in [0.25, 0.3) is 5.56 Å². The summed E-state index contributed by atoms with van der Waals surface area (Å²) in [5.74, 6) is 0.497. The fourth-order valence-electron chi connectivity index (χ4n) is 4.33. The van der Waals surface area contributed by atoms with Gasteiger partial charge in [-0.1, -0.05) is 30.4 Å². The molecule has 1 heterocycles. The number of hydrogen-bond donors (Lipinski definition) is 2. The van der Waals surface area contributed by atoms with E-state index in [1.807, 2.05) is 38.1 Å². The van der Waals surface area contributed by atoms with Gasteiger partial charge in [-0.25, -0.2) is 9.78 Å². The quantitative estimate of drug-likeness (QED) is 0.580. The first-order valence-electron chi connectivity index (χ1n) is 11.1. The number of hydrogen-bond acceptors (Lipinski definition) is 4. The van der Waals surface area contributed by atoms with E-state index < -0.39 is 6.04 Å². The fraction of sp³-hybridized carbons (Fsp3) is 0.308. The number of urea groups is 1. The average molecular weight is 445 g/mol. The zero-order chi connectivity index (χ0) is 23.7. The number of nitrogens with zero attached hydrogens (tertiary/aromatic N) is 2. The molecule has 0 bridgehead atoms. The SMILES string of the molecule is C=C1CCC(n2c(C)nc3cccc(CNC(=O)Nc4ccc(C)c(C)c4)c3c2=O)C(=O)C1. The molecule has 2 amide bonds. The van der Waals surface area contributed by atoms with Gasteiger partial charge in [-0.15, -0.1) is 0 Å². The number of benzene rings is 2. The Morgan fingerprint density at radius 2 is 1.94 bits per heavy atom. The number of Topliss-reactive ketones (excluding diaryl/α,β-unsaturated/α-hetero) is 1. The average Bonchev–Trinajstić information content (AvgIpc) is 2.76. The maximum absolute atomic E-state index is 13.5. The Hall–Kier alpha value is -3.74. The van der Waals surface area contributed by atoms with Crippen molar-refractivity contribution in [1.29, 1.82) is 0 Å². The first kappa shape index (κ1) is 22.5. The molecule has 0 radical (unpaired) electrons. The molecule has 170 valence electrons. The van der Waals surface area contributed by atoms with Crippen LogP contribution in [0.4, 0.5) is 10.5 Å². The Morgan fingerprint density at radius 1 is 1.15 bits per heavy atom. The van der Waals surface area contributed by atoms with Gasteiger partial charge in [-0.2, -0.15) is 0 Å². The number of aromatic nitrogens is 2. The highest BCUT2D eigenvalue weighted by Crippen LogP contribution is 2.28. The van der Waals surface area contributed by atoms with Crippen LogP contribution >= 0.6 is 0 Å². The van der Waals surface area contributed by atoms with Crippen molar-refractivity contribution in [3.63, 3.8) is 0 Å². The largest absolute Gasteiger partial charge is 0.334 e. The molecule has 1 unspecified atom stereocenters. The van der Waals surface area contributed by atoms with Crippen LogP contribution in [0.15, 0.2) is 53.3 Å². The van der Waals surface area contributed by atoms with Crippen molar-refractivity contribution in [1.82, 2.24) is 14.9 Å². The highest BCUT2D eigenvalue weighted by atomic mass is 16.2. The van der Waals surface area contributed by atoms with Gasteiger partial charge in [0.2, 0.25) is 0 Å². The number of anilines is 1. The zero-order valence-electron chi connectivity index (χ0n) is 19.2. The molecule has 1 saturated carbocycles. The second-order valence-corrected chi connectivity index (χ2v) is 8.70. The number of amides is 2. The van der Waals surface area contributed by atoms with Crippen LogP contribution in [0.2, 0.25) is 0 Å². The van der Waals surface area contributed by atoms with Crippen molar-refractivity contribution in [2.24, 2.45) is 0 Å². The molecule has 0 spiro atoms. The third-order valence-electron chi connectivity index (χ3n) is 6.28. The number of fused-ring (bicyclic) bond motifs is 1. The second-order valence-electron chi connectivity index (χ2n) is 8.70. The standard InChI is InChI=1S/C26H28N4O3/c1-15-8-11-22(23(31)12-15)30-18(4)28-21-7-5-6-19(24(21)25(30)32)14-27-26(33)29-20-10-9-16(2)17(3)13-20/h5-7,9-10,13,22H,1,8,11-12,14H2,2-4H3,(H2,27,29,33). The summed E-state index contributed by atoms with van der Waals surface area (Å²) in [7, 11) is 0. The van der Waals surface area contributed by atoms with Crippen LogP contribution in [0.1, 0.15) is 47.8 Å². The van der Waals surface area contributed by atoms with E-state index in [9.17, 15) is 14.4 Å². The van der Waals surface area contributed by atoms with Gasteiger partial charge in [0.15, 0.2) is 5.78 Å². The molecule has 2 aromatic carbocycles. The molecule has 7 nitrogen and oxygen atoms in total. The lowest BCUT2D eigenvalue weighted by atomic mass is 9.90. The van der Waals surface area contributed by atoms with Gasteiger partial charge in [0.05, 0.1) is 16.9 Å². The Balaban J connectivity index is 1.61. The fourth-order valence-corrected chi connectivity index (χ4v) is 4.33. The maximum atomic E-state index is 13.5. The number of nitrogens with one attached hydrogen (secondary N) is 2. The van der Waals surface area contributed by atoms with E-state index in [4.69, 9.17) is 0 Å². The Bertz CT molecular complexity index is 1340. The van der Waals surface area contributed by atoms with E-state index >= 15 is 0 Å². The van der Waals surface area contributed by atoms with Crippen LogP contribution in [0.25, 0.3) is 10.9 Å². The van der Waals surface area contributed by atoms with E-state index in [0.717, 1.165) is 16.7 Å². The minimum absolute atomic E-state index is 0.0130. The smallest absolute Gasteiger partial charge is 0.319 e. The van der Waals surface area contributed by atoms with E-state index in [2.05, 4.69) is 22.2 Å². The topological polar surface area (TPSA) is 93.1 Å². The number of carbonyl (C=O) groups is 2. The van der Waals surface area contributed by atoms with Gasteiger partial charge < -0.3 is 10.6 Å². The molecule has 0 saturated heterocycles. The summed E-state index contributed by atoms with van der Waals surface area (Å²) >= 11 is 0. The Labute approximate surface area is 192 Å². The van der Waals surface area contributed by atoms with Crippen LogP contribution < -0.4 is 16.2 Å². The molecular formula is C26H28N4O3. The molecule has 1 aliphatic rings. The highest BCUT2D eigenvalue weighted by Gasteiger charge is 2.28. The van der Waals surface area contributed by atoms with Crippen molar-refractivity contribution in [3.05, 3.63) is 81.4 Å². The van der Waals surface area contributed by atoms with Crippen LogP contribution in [0.5, 0.6) is 0 Å². The van der Waals surface area contributed by atoms with E-state index in [0.29, 0.717) is 40.8 Å². The van der Waals surface area contributed by atoms with Crippen LogP contribution in [0.3, 0.4) is 0 Å². The third-order valence-corrected chi connectivity index (χ3v) is 6.28. The van der Waals surface area contributed by atoms with Crippen molar-refractivity contribution in [2.75, 3.05) is 5.32 Å². The molecule has 0 aliphatic heterocycles. The first-order chi connectivity index (χ1) is 15.7. The van der Waals surface area contributed by atoms with Gasteiger partial charge in [0, 0.05) is 18.7 Å². The van der Waals surface area contributed by atoms with Gasteiger partial charge in [-0.3, -0.25) is 14.2 Å². The molecule has 1 aliphatic carbocycles. The summed E-state index contributed by atoms with van der Waals surface area (Å²) in [5, 5.41) is 6.07. The lowest BCUT2D eigenvalue weighted by Crippen LogP contribution is -2.35. The predicted octanol–water partition coefficient (Wildman–Crippen LogP) is 4.49. The highest BCUT2D eigenvalue weighted by molar-refractivity contribution is 5.90. The second kappa shape index (κ2) is 9.02. The summed E-state index contributed by atoms with van der Waals surface area (Å²) in [5.41, 5.74) is 4.79. The van der Waals surface area contributed by atoms with E-state index in [1.165, 1.54) is 4.57 Å². The van der Waals surface area contributed by atoms with Gasteiger partial charge in [-0.05, 0) is 68.5 Å². The third kappa shape index (κ3) is 4.58. The summed E-state index contributed by atoms with van der Waals surface area (Å²) in [6.45, 7) is 9.82. The molecule has 2 N–H and O–H groups in total. The lowest BCUT2D eigenvalue weighted by Gasteiger charge is -2.26. The van der Waals surface area contributed by atoms with Crippen molar-refractivity contribution in [3.8, 4) is 0 Å². The molecular weight excluding hydrogens is 416 g/mol. The van der Waals surface area contributed by atoms with E-state index in [1.54, 1.807) is 19.1 Å². The molecule has 1 atom stereocenters. The Kier molecular flexibility index (Phi) is 6.14. The van der Waals surface area contributed by atoms with Gasteiger partial charge in [0.1, 0.15) is 5.82 Å². The molecule has 4 rings (SSSR count). The van der Waals surface area contributed by atoms with Gasteiger partial charge >= 0.3 is 6.03 Å². The van der Waals surface area contributed by atoms with Crippen molar-refractivity contribution < 1.29 is 9.59 Å². The summed E-state index contributed by atoms with van der Waals surface area (Å²) in [4.78, 5) is 43.2. The maximum Gasteiger partial charge on any atom is 0.319 e. The summed E-state index contributed by atoms with van der Waals surface area (Å²) in [6, 6.07) is 10.2. The molecule has 33 heavy (non-hydrogen) atoms. The minimum Gasteiger partial charge on any atom is -0.334 e. The number of rotatable bonds is 4. The van der Waals surface area contributed by atoms with Crippen molar-refractivity contribution >= 4 is 28.4 Å². The molecule has 3 aromatic rings. The number of allylic oxidation sites excluding steroid dienone is 1. The van der Waals surface area contributed by atoms with Crippen molar-refractivity contribution in [2.45, 2.75) is 52.6 Å². The predicted molar refractivity (Wildman–Crippen MR) is 130 cm³/mol. The van der Waals surface area contributed by atoms with Crippen LogP contribution in [0, 0.1) is 20.8 Å². The Morgan fingerprint density at radius 3 is 2.67 bits per heavy atom. The minimum atomic E-state index is -0.533. The number of ketones is 1. The number of aryl methyl sites for hydroxylation is 3.